The van der Waals surface area contributed by atoms with E-state index in [1.54, 1.807) is 36.1 Å². The molecule has 0 saturated carbocycles. The van der Waals surface area contributed by atoms with Crippen molar-refractivity contribution in [3.8, 4) is 6.07 Å². The number of carbonyl (C=O) groups is 3. The van der Waals surface area contributed by atoms with Gasteiger partial charge < -0.3 is 28.7 Å². The molecule has 2 atom stereocenters. The van der Waals surface area contributed by atoms with Gasteiger partial charge in [0, 0.05) is 61.5 Å². The number of benzene rings is 2. The van der Waals surface area contributed by atoms with Crippen molar-refractivity contribution in [2.45, 2.75) is 61.5 Å². The molecule has 13 nitrogen and oxygen atoms in total. The minimum atomic E-state index is -1.73. The maximum atomic E-state index is 15.7. The van der Waals surface area contributed by atoms with E-state index < -0.39 is 46.5 Å². The molecule has 2 aromatic carbocycles. The summed E-state index contributed by atoms with van der Waals surface area (Å²) in [4.78, 5) is 46.2. The first-order valence-electron chi connectivity index (χ1n) is 18.5. The summed E-state index contributed by atoms with van der Waals surface area (Å²) in [6.07, 6.45) is 8.29. The zero-order valence-corrected chi connectivity index (χ0v) is 32.5. The summed E-state index contributed by atoms with van der Waals surface area (Å²) in [5.74, 6) is -3.65. The smallest absolute Gasteiger partial charge is 0.306 e. The fourth-order valence-electron chi connectivity index (χ4n) is 6.28. The van der Waals surface area contributed by atoms with Crippen LogP contribution in [-0.4, -0.2) is 112 Å². The highest BCUT2D eigenvalue weighted by molar-refractivity contribution is 8.00. The lowest BCUT2D eigenvalue weighted by molar-refractivity contribution is -0.164. The summed E-state index contributed by atoms with van der Waals surface area (Å²) < 4.78 is 68.7. The molecule has 304 valence electrons. The molecule has 0 spiro atoms. The Morgan fingerprint density at radius 1 is 1.02 bits per heavy atom. The number of thioether (sulfide) groups is 1. The lowest BCUT2D eigenvalue weighted by atomic mass is 9.89. The van der Waals surface area contributed by atoms with Crippen molar-refractivity contribution in [1.82, 2.24) is 24.6 Å². The van der Waals surface area contributed by atoms with Gasteiger partial charge in [-0.2, -0.15) is 10.4 Å². The van der Waals surface area contributed by atoms with E-state index in [0.29, 0.717) is 18.7 Å². The Bertz CT molecular complexity index is 1930. The lowest BCUT2D eigenvalue weighted by Gasteiger charge is -2.40. The fraction of sp³-hybridized carbons (Fsp3) is 0.450. The number of nitriles is 1. The van der Waals surface area contributed by atoms with Gasteiger partial charge in [0.2, 0.25) is 5.91 Å². The van der Waals surface area contributed by atoms with Crippen LogP contribution < -0.4 is 0 Å². The van der Waals surface area contributed by atoms with Gasteiger partial charge in [-0.1, -0.05) is 24.3 Å². The first-order valence-corrected chi connectivity index (χ1v) is 19.4. The average Bonchev–Trinajstić information content (AvgIpc) is 3.71. The van der Waals surface area contributed by atoms with Crippen molar-refractivity contribution in [3.05, 3.63) is 101 Å². The van der Waals surface area contributed by atoms with Crippen molar-refractivity contribution in [1.29, 1.82) is 5.26 Å². The van der Waals surface area contributed by atoms with Crippen LogP contribution in [0, 0.1) is 28.8 Å². The van der Waals surface area contributed by atoms with E-state index in [1.807, 2.05) is 13.1 Å². The minimum absolute atomic E-state index is 0.0310. The van der Waals surface area contributed by atoms with Crippen molar-refractivity contribution >= 4 is 35.7 Å². The molecule has 2 aliphatic rings. The number of piperazine rings is 1. The maximum absolute atomic E-state index is 15.7. The summed E-state index contributed by atoms with van der Waals surface area (Å²) in [5, 5.41) is 12.1. The number of nitrogens with zero attached hydrogens (tertiary/aromatic N) is 6. The number of rotatable bonds is 17. The number of esters is 2. The summed E-state index contributed by atoms with van der Waals surface area (Å²) >= 11 is 1.33. The van der Waals surface area contributed by atoms with Crippen LogP contribution in [0.3, 0.4) is 0 Å². The Morgan fingerprint density at radius 3 is 2.47 bits per heavy atom. The highest BCUT2D eigenvalue weighted by atomic mass is 32.2. The van der Waals surface area contributed by atoms with E-state index in [2.05, 4.69) is 15.0 Å². The molecule has 1 aromatic heterocycles. The van der Waals surface area contributed by atoms with E-state index in [0.717, 1.165) is 31.3 Å². The van der Waals surface area contributed by atoms with Crippen LogP contribution in [0.15, 0.2) is 67.3 Å². The molecule has 3 heterocycles. The van der Waals surface area contributed by atoms with Gasteiger partial charge >= 0.3 is 11.9 Å². The Labute approximate surface area is 333 Å². The molecule has 0 radical (unpaired) electrons. The van der Waals surface area contributed by atoms with Crippen molar-refractivity contribution in [2.24, 2.45) is 0 Å². The topological polar surface area (TPSA) is 149 Å². The van der Waals surface area contributed by atoms with Crippen LogP contribution >= 0.6 is 11.8 Å². The number of likely N-dealkylation sites (N-methyl/N-ethyl adjacent to an activating group) is 1. The van der Waals surface area contributed by atoms with Gasteiger partial charge in [0.15, 0.2) is 11.9 Å². The van der Waals surface area contributed by atoms with Crippen LogP contribution in [0.2, 0.25) is 0 Å². The van der Waals surface area contributed by atoms with E-state index in [-0.39, 0.29) is 74.3 Å². The standard InChI is InChI=1S/C40H45F3N6O7S/c1-28(57-32-23-54-39(55-24-32)8-4-3-6-30-10-9-29(22-44)20-34(30)42)40(25-49-27-45-26-46-49,33-12-11-31(41)21-35(33)43)56-38(52)7-5-19-53-37(51)14-13-36(50)48-17-15-47(2)16-18-48/h3-4,6,8-12,20-21,26-28,32,39H,5,7,13-19,23-25H2,1-2H3/t28-,32-,39-,40-/m1/s1. The van der Waals surface area contributed by atoms with E-state index in [4.69, 9.17) is 24.2 Å². The Balaban J connectivity index is 1.19. The number of hydrogen-bond acceptors (Lipinski definition) is 12. The first-order chi connectivity index (χ1) is 27.4. The maximum Gasteiger partial charge on any atom is 0.306 e. The molecule has 57 heavy (non-hydrogen) atoms. The van der Waals surface area contributed by atoms with Gasteiger partial charge in [-0.25, -0.2) is 22.8 Å². The second-order valence-corrected chi connectivity index (χ2v) is 15.3. The van der Waals surface area contributed by atoms with Gasteiger partial charge in [0.1, 0.15) is 30.1 Å². The number of allylic oxidation sites excluding steroid dienone is 2. The normalized spacial score (nSPS) is 19.3. The molecule has 0 bridgehead atoms. The fourth-order valence-corrected chi connectivity index (χ4v) is 7.64. The molecule has 2 aliphatic heterocycles. The third-order valence-electron chi connectivity index (χ3n) is 9.46. The number of amides is 1. The van der Waals surface area contributed by atoms with Crippen molar-refractivity contribution < 1.29 is 46.5 Å². The van der Waals surface area contributed by atoms with Crippen LogP contribution in [-0.2, 0) is 45.5 Å². The van der Waals surface area contributed by atoms with Crippen molar-refractivity contribution in [2.75, 3.05) is 53.0 Å². The Kier molecular flexibility index (Phi) is 15.8. The highest BCUT2D eigenvalue weighted by Crippen LogP contribution is 2.42. The number of aromatic nitrogens is 3. The highest BCUT2D eigenvalue weighted by Gasteiger charge is 2.46. The molecule has 5 rings (SSSR count). The second kappa shape index (κ2) is 20.9. The quantitative estimate of drug-likeness (QED) is 0.102. The number of hydrogen-bond donors (Lipinski definition) is 0. The predicted octanol–water partition coefficient (Wildman–Crippen LogP) is 5.02. The van der Waals surface area contributed by atoms with Gasteiger partial charge in [0.05, 0.1) is 49.7 Å². The third kappa shape index (κ3) is 12.5. The predicted molar refractivity (Wildman–Crippen MR) is 203 cm³/mol. The summed E-state index contributed by atoms with van der Waals surface area (Å²) in [6, 6.07) is 9.12. The molecule has 2 saturated heterocycles. The van der Waals surface area contributed by atoms with Gasteiger partial charge in [-0.3, -0.25) is 14.4 Å². The van der Waals surface area contributed by atoms with Crippen LogP contribution in [0.25, 0.3) is 6.08 Å². The van der Waals surface area contributed by atoms with Crippen LogP contribution in [0.4, 0.5) is 13.2 Å². The zero-order valence-electron chi connectivity index (χ0n) is 31.7. The molecular weight excluding hydrogens is 766 g/mol. The molecular formula is C40H45F3N6O7S. The number of ether oxygens (including phenoxy) is 4. The average molecular weight is 811 g/mol. The monoisotopic (exact) mass is 810 g/mol. The number of carbonyl (C=O) groups excluding carboxylic acids is 3. The van der Waals surface area contributed by atoms with E-state index in [9.17, 15) is 23.2 Å². The molecule has 0 N–H and O–H groups in total. The van der Waals surface area contributed by atoms with Gasteiger partial charge in [-0.05, 0) is 50.7 Å². The summed E-state index contributed by atoms with van der Waals surface area (Å²) in [5.41, 5.74) is -1.27. The van der Waals surface area contributed by atoms with Crippen LogP contribution in [0.1, 0.15) is 49.3 Å². The molecule has 17 heteroatoms. The van der Waals surface area contributed by atoms with Gasteiger partial charge in [0.25, 0.3) is 0 Å². The Morgan fingerprint density at radius 2 is 1.79 bits per heavy atom. The molecule has 3 aromatic rings. The molecule has 1 amide bonds. The van der Waals surface area contributed by atoms with E-state index >= 15 is 4.39 Å². The lowest BCUT2D eigenvalue weighted by Crippen LogP contribution is -2.47. The second-order valence-electron chi connectivity index (χ2n) is 13.6. The molecule has 0 unspecified atom stereocenters. The van der Waals surface area contributed by atoms with Crippen LogP contribution in [0.5, 0.6) is 0 Å². The molecule has 2 fully saturated rings. The first kappa shape index (κ1) is 43.1. The summed E-state index contributed by atoms with van der Waals surface area (Å²) in [6.45, 7) is 4.66. The minimum Gasteiger partial charge on any atom is -0.466 e. The number of halogens is 3. The Hall–Kier alpha value is -5.02. The van der Waals surface area contributed by atoms with Gasteiger partial charge in [-0.15, -0.1) is 11.8 Å². The van der Waals surface area contributed by atoms with E-state index in [1.165, 1.54) is 47.3 Å². The molecule has 0 aliphatic carbocycles. The SMILES string of the molecule is C[C@@H](S[C@H]1CO[C@H](C=CC=Cc2ccc(C#N)cc2F)OC1)[C@@](Cn1cncn1)(OC(=O)CCCOC(=O)CCC(=O)N1CCN(C)CC1)c1ccc(F)cc1F. The summed E-state index contributed by atoms with van der Waals surface area (Å²) in [7, 11) is 1.98. The third-order valence-corrected chi connectivity index (χ3v) is 10.9. The van der Waals surface area contributed by atoms with Crippen molar-refractivity contribution in [3.63, 3.8) is 0 Å². The largest absolute Gasteiger partial charge is 0.466 e. The zero-order chi connectivity index (χ0) is 40.8.